The van der Waals surface area contributed by atoms with Crippen LogP contribution in [0.4, 0.5) is 4.39 Å². The van der Waals surface area contributed by atoms with Gasteiger partial charge in [0, 0.05) is 12.6 Å². The Morgan fingerprint density at radius 2 is 1.59 bits per heavy atom. The van der Waals surface area contributed by atoms with Crippen molar-refractivity contribution in [3.63, 3.8) is 0 Å². The molecule has 3 rings (SSSR count). The van der Waals surface area contributed by atoms with Gasteiger partial charge in [-0.05, 0) is 48.2 Å². The molecule has 1 fully saturated rings. The minimum absolute atomic E-state index is 0.0242. The molecular weight excluding hydrogens is 349 g/mol. The van der Waals surface area contributed by atoms with E-state index in [9.17, 15) is 9.18 Å². The molecule has 144 valence electrons. The highest BCUT2D eigenvalue weighted by atomic mass is 19.1. The first-order valence-corrected chi connectivity index (χ1v) is 8.88. The summed E-state index contributed by atoms with van der Waals surface area (Å²) in [7, 11) is 4.64. The van der Waals surface area contributed by atoms with E-state index in [-0.39, 0.29) is 24.2 Å². The van der Waals surface area contributed by atoms with Crippen molar-refractivity contribution in [1.82, 2.24) is 4.90 Å². The van der Waals surface area contributed by atoms with Crippen LogP contribution in [0.2, 0.25) is 0 Å². The highest BCUT2D eigenvalue weighted by Gasteiger charge is 2.32. The lowest BCUT2D eigenvalue weighted by Crippen LogP contribution is -2.33. The molecular formula is C21H24FNO4. The number of benzene rings is 2. The van der Waals surface area contributed by atoms with Gasteiger partial charge < -0.3 is 19.1 Å². The lowest BCUT2D eigenvalue weighted by Gasteiger charge is -2.23. The van der Waals surface area contributed by atoms with Gasteiger partial charge in [0.15, 0.2) is 11.5 Å². The number of hydrogen-bond acceptors (Lipinski definition) is 4. The largest absolute Gasteiger partial charge is 0.493 e. The number of hydrogen-bond donors (Lipinski definition) is 0. The Bertz CT molecular complexity index is 777. The number of halogens is 1. The Labute approximate surface area is 158 Å². The lowest BCUT2D eigenvalue weighted by molar-refractivity contribution is -0.131. The summed E-state index contributed by atoms with van der Waals surface area (Å²) in [6.45, 7) is 0.480. The van der Waals surface area contributed by atoms with Crippen molar-refractivity contribution >= 4 is 5.91 Å². The zero-order chi connectivity index (χ0) is 19.4. The third-order valence-corrected chi connectivity index (χ3v) is 4.65. The number of nitrogens with zero attached hydrogens (tertiary/aromatic N) is 1. The van der Waals surface area contributed by atoms with Gasteiger partial charge in [0.1, 0.15) is 5.82 Å². The fourth-order valence-electron chi connectivity index (χ4n) is 3.11. The van der Waals surface area contributed by atoms with Crippen molar-refractivity contribution in [2.24, 2.45) is 0 Å². The molecule has 0 aromatic heterocycles. The van der Waals surface area contributed by atoms with Gasteiger partial charge >= 0.3 is 0 Å². The molecule has 6 heteroatoms. The molecule has 0 aliphatic heterocycles. The first kappa shape index (κ1) is 19.0. The van der Waals surface area contributed by atoms with Gasteiger partial charge in [0.25, 0.3) is 0 Å². The molecule has 0 spiro atoms. The predicted molar refractivity (Wildman–Crippen MR) is 99.8 cm³/mol. The molecule has 0 bridgehead atoms. The number of carbonyl (C=O) groups excluding carboxylic acids is 1. The molecule has 1 aliphatic rings. The monoisotopic (exact) mass is 373 g/mol. The lowest BCUT2D eigenvalue weighted by atomic mass is 10.1. The molecule has 0 unspecified atom stereocenters. The van der Waals surface area contributed by atoms with Crippen molar-refractivity contribution in [2.45, 2.75) is 31.8 Å². The van der Waals surface area contributed by atoms with Crippen molar-refractivity contribution in [2.75, 3.05) is 21.3 Å². The van der Waals surface area contributed by atoms with E-state index < -0.39 is 0 Å². The van der Waals surface area contributed by atoms with Crippen LogP contribution in [0.3, 0.4) is 0 Å². The molecule has 1 amide bonds. The highest BCUT2D eigenvalue weighted by Crippen LogP contribution is 2.38. The van der Waals surface area contributed by atoms with Crippen LogP contribution < -0.4 is 14.2 Å². The SMILES string of the molecule is COc1cc(CC(=O)N(Cc2ccc(F)cc2)C2CC2)cc(OC)c1OC. The van der Waals surface area contributed by atoms with E-state index in [1.54, 1.807) is 45.6 Å². The summed E-state index contributed by atoms with van der Waals surface area (Å²) in [5.41, 5.74) is 1.71. The smallest absolute Gasteiger partial charge is 0.227 e. The Kier molecular flexibility index (Phi) is 5.84. The zero-order valence-corrected chi connectivity index (χ0v) is 15.8. The van der Waals surface area contributed by atoms with Crippen LogP contribution in [0.15, 0.2) is 36.4 Å². The summed E-state index contributed by atoms with van der Waals surface area (Å²) >= 11 is 0. The summed E-state index contributed by atoms with van der Waals surface area (Å²) in [5.74, 6) is 1.30. The third-order valence-electron chi connectivity index (χ3n) is 4.65. The van der Waals surface area contributed by atoms with Crippen molar-refractivity contribution in [1.29, 1.82) is 0 Å². The van der Waals surface area contributed by atoms with Crippen LogP contribution in [0, 0.1) is 5.82 Å². The first-order valence-electron chi connectivity index (χ1n) is 8.88. The Balaban J connectivity index is 1.78. The van der Waals surface area contributed by atoms with Gasteiger partial charge in [-0.2, -0.15) is 0 Å². The zero-order valence-electron chi connectivity index (χ0n) is 15.8. The van der Waals surface area contributed by atoms with Crippen molar-refractivity contribution < 1.29 is 23.4 Å². The van der Waals surface area contributed by atoms with E-state index in [1.165, 1.54) is 12.1 Å². The minimum atomic E-state index is -0.277. The minimum Gasteiger partial charge on any atom is -0.493 e. The van der Waals surface area contributed by atoms with Gasteiger partial charge in [0.2, 0.25) is 11.7 Å². The Morgan fingerprint density at radius 1 is 1.00 bits per heavy atom. The molecule has 0 radical (unpaired) electrons. The maximum atomic E-state index is 13.1. The quantitative estimate of drug-likeness (QED) is 0.710. The summed E-state index contributed by atoms with van der Waals surface area (Å²) in [4.78, 5) is 14.8. The molecule has 0 N–H and O–H groups in total. The number of amides is 1. The van der Waals surface area contributed by atoms with E-state index in [1.807, 2.05) is 4.90 Å². The number of carbonyl (C=O) groups is 1. The van der Waals surface area contributed by atoms with Gasteiger partial charge in [-0.15, -0.1) is 0 Å². The number of ether oxygens (including phenoxy) is 3. The van der Waals surface area contributed by atoms with Crippen LogP contribution in [0.25, 0.3) is 0 Å². The van der Waals surface area contributed by atoms with Crippen LogP contribution >= 0.6 is 0 Å². The summed E-state index contributed by atoms with van der Waals surface area (Å²) in [5, 5.41) is 0. The van der Waals surface area contributed by atoms with Gasteiger partial charge in [-0.25, -0.2) is 4.39 Å². The average molecular weight is 373 g/mol. The number of methoxy groups -OCH3 is 3. The van der Waals surface area contributed by atoms with E-state index in [4.69, 9.17) is 14.2 Å². The second-order valence-corrected chi connectivity index (χ2v) is 6.59. The van der Waals surface area contributed by atoms with Crippen LogP contribution in [-0.2, 0) is 17.8 Å². The molecule has 0 heterocycles. The van der Waals surface area contributed by atoms with Crippen LogP contribution in [0.1, 0.15) is 24.0 Å². The summed E-state index contributed by atoms with van der Waals surface area (Å²) < 4.78 is 29.2. The molecule has 0 saturated heterocycles. The van der Waals surface area contributed by atoms with Crippen molar-refractivity contribution in [3.05, 3.63) is 53.3 Å². The fourth-order valence-corrected chi connectivity index (χ4v) is 3.11. The topological polar surface area (TPSA) is 48.0 Å². The van der Waals surface area contributed by atoms with Crippen LogP contribution in [0.5, 0.6) is 17.2 Å². The number of rotatable bonds is 8. The normalized spacial score (nSPS) is 13.2. The van der Waals surface area contributed by atoms with E-state index in [0.717, 1.165) is 24.0 Å². The van der Waals surface area contributed by atoms with Gasteiger partial charge in [-0.3, -0.25) is 4.79 Å². The molecule has 27 heavy (non-hydrogen) atoms. The first-order chi connectivity index (χ1) is 13.0. The third kappa shape index (κ3) is 4.51. The maximum absolute atomic E-state index is 13.1. The fraction of sp³-hybridized carbons (Fsp3) is 0.381. The molecule has 2 aromatic rings. The van der Waals surface area contributed by atoms with Gasteiger partial charge in [-0.1, -0.05) is 12.1 Å². The molecule has 1 aliphatic carbocycles. The molecule has 5 nitrogen and oxygen atoms in total. The van der Waals surface area contributed by atoms with Crippen LogP contribution in [-0.4, -0.2) is 38.2 Å². The Morgan fingerprint density at radius 3 is 2.07 bits per heavy atom. The van der Waals surface area contributed by atoms with E-state index >= 15 is 0 Å². The predicted octanol–water partition coefficient (Wildman–Crippen LogP) is 3.59. The maximum Gasteiger partial charge on any atom is 0.227 e. The highest BCUT2D eigenvalue weighted by molar-refractivity contribution is 5.80. The van der Waals surface area contributed by atoms with E-state index in [2.05, 4.69) is 0 Å². The van der Waals surface area contributed by atoms with Gasteiger partial charge in [0.05, 0.1) is 27.8 Å². The van der Waals surface area contributed by atoms with Crippen molar-refractivity contribution in [3.8, 4) is 17.2 Å². The summed E-state index contributed by atoms with van der Waals surface area (Å²) in [6.07, 6.45) is 2.23. The molecule has 1 saturated carbocycles. The standard InChI is InChI=1S/C21H24FNO4/c1-25-18-10-15(11-19(26-2)21(18)27-3)12-20(24)23(17-8-9-17)13-14-4-6-16(22)7-5-14/h4-7,10-11,17H,8-9,12-13H2,1-3H3. The summed E-state index contributed by atoms with van der Waals surface area (Å²) in [6, 6.07) is 10.1. The Hall–Kier alpha value is -2.76. The molecule has 0 atom stereocenters. The molecule has 2 aromatic carbocycles. The second kappa shape index (κ2) is 8.29. The average Bonchev–Trinajstić information content (AvgIpc) is 3.51. The second-order valence-electron chi connectivity index (χ2n) is 6.59. The van der Waals surface area contributed by atoms with E-state index in [0.29, 0.717) is 23.8 Å².